The first kappa shape index (κ1) is 7.62. The van der Waals surface area contributed by atoms with E-state index in [1.165, 1.54) is 0 Å². The van der Waals surface area contributed by atoms with Crippen LogP contribution in [0.15, 0.2) is 12.1 Å². The number of ether oxygens (including phenoxy) is 1. The van der Waals surface area contributed by atoms with Gasteiger partial charge in [-0.25, -0.2) is 4.98 Å². The summed E-state index contributed by atoms with van der Waals surface area (Å²) >= 11 is 0. The third-order valence-corrected chi connectivity index (χ3v) is 1.31. The highest BCUT2D eigenvalue weighted by Gasteiger charge is 1.95. The van der Waals surface area contributed by atoms with Crippen LogP contribution < -0.4 is 4.74 Å². The van der Waals surface area contributed by atoms with Gasteiger partial charge in [-0.05, 0) is 13.0 Å². The number of nitrogens with zero attached hydrogens (tertiary/aromatic N) is 1. The largest absolute Gasteiger partial charge is 0.481 e. The maximum Gasteiger partial charge on any atom is 0.214 e. The van der Waals surface area contributed by atoms with Crippen molar-refractivity contribution in [3.63, 3.8) is 0 Å². The lowest BCUT2D eigenvalue weighted by molar-refractivity contribution is 0.397. The maximum absolute atomic E-state index is 5.21. The minimum Gasteiger partial charge on any atom is -0.481 e. The van der Waals surface area contributed by atoms with Gasteiger partial charge in [-0.15, -0.1) is 6.42 Å². The first-order valence-electron chi connectivity index (χ1n) is 3.25. The zero-order chi connectivity index (χ0) is 8.27. The zero-order valence-electron chi connectivity index (χ0n) is 6.59. The lowest BCUT2D eigenvalue weighted by Crippen LogP contribution is -1.90. The number of hydrogen-bond acceptors (Lipinski definition) is 2. The maximum atomic E-state index is 5.21. The van der Waals surface area contributed by atoms with Gasteiger partial charge < -0.3 is 4.74 Å². The van der Waals surface area contributed by atoms with Gasteiger partial charge in [-0.2, -0.15) is 0 Å². The second-order valence-electron chi connectivity index (χ2n) is 2.18. The van der Waals surface area contributed by atoms with Crippen LogP contribution in [0.4, 0.5) is 0 Å². The molecule has 1 heterocycles. The Balaban J connectivity index is 3.15. The van der Waals surface area contributed by atoms with Crippen LogP contribution in [0, 0.1) is 19.3 Å². The van der Waals surface area contributed by atoms with Crippen molar-refractivity contribution < 1.29 is 4.74 Å². The Labute approximate surface area is 66.2 Å². The van der Waals surface area contributed by atoms with E-state index in [9.17, 15) is 0 Å². The van der Waals surface area contributed by atoms with Gasteiger partial charge in [-0.3, -0.25) is 0 Å². The lowest BCUT2D eigenvalue weighted by atomic mass is 10.2. The van der Waals surface area contributed by atoms with Gasteiger partial charge >= 0.3 is 0 Å². The third kappa shape index (κ3) is 1.71. The SMILES string of the molecule is C#Cc1cc(C)nc(OC)c1. The van der Waals surface area contributed by atoms with E-state index in [0.29, 0.717) is 5.88 Å². The van der Waals surface area contributed by atoms with Crippen molar-refractivity contribution in [3.8, 4) is 18.2 Å². The van der Waals surface area contributed by atoms with E-state index in [1.54, 1.807) is 13.2 Å². The predicted molar refractivity (Wildman–Crippen MR) is 43.5 cm³/mol. The number of aryl methyl sites for hydroxylation is 1. The molecule has 0 bridgehead atoms. The normalized spacial score (nSPS) is 8.82. The average Bonchev–Trinajstić information content (AvgIpc) is 2.03. The monoisotopic (exact) mass is 147 g/mol. The summed E-state index contributed by atoms with van der Waals surface area (Å²) < 4.78 is 4.93. The summed E-state index contributed by atoms with van der Waals surface area (Å²) in [5.41, 5.74) is 1.67. The molecule has 1 aromatic rings. The van der Waals surface area contributed by atoms with Crippen LogP contribution in [0.2, 0.25) is 0 Å². The Hall–Kier alpha value is -1.49. The predicted octanol–water partition coefficient (Wildman–Crippen LogP) is 1.38. The Morgan fingerprint density at radius 2 is 2.27 bits per heavy atom. The van der Waals surface area contributed by atoms with Crippen molar-refractivity contribution in [2.24, 2.45) is 0 Å². The molecule has 56 valence electrons. The van der Waals surface area contributed by atoms with Crippen LogP contribution in [0.1, 0.15) is 11.3 Å². The smallest absolute Gasteiger partial charge is 0.214 e. The Morgan fingerprint density at radius 3 is 2.82 bits per heavy atom. The topological polar surface area (TPSA) is 22.1 Å². The second kappa shape index (κ2) is 3.07. The zero-order valence-corrected chi connectivity index (χ0v) is 6.59. The molecule has 2 nitrogen and oxygen atoms in total. The molecular formula is C9H9NO. The Morgan fingerprint density at radius 1 is 1.55 bits per heavy atom. The van der Waals surface area contributed by atoms with Gasteiger partial charge in [0.1, 0.15) is 0 Å². The van der Waals surface area contributed by atoms with E-state index in [0.717, 1.165) is 11.3 Å². The van der Waals surface area contributed by atoms with Gasteiger partial charge in [0.25, 0.3) is 0 Å². The van der Waals surface area contributed by atoms with Gasteiger partial charge in [0.2, 0.25) is 5.88 Å². The molecule has 2 heteroatoms. The molecule has 0 aromatic carbocycles. The van der Waals surface area contributed by atoms with E-state index in [-0.39, 0.29) is 0 Å². The highest BCUT2D eigenvalue weighted by molar-refractivity contribution is 5.36. The molecule has 0 atom stereocenters. The average molecular weight is 147 g/mol. The summed E-state index contributed by atoms with van der Waals surface area (Å²) in [4.78, 5) is 4.08. The van der Waals surface area contributed by atoms with E-state index in [4.69, 9.17) is 11.2 Å². The first-order chi connectivity index (χ1) is 5.26. The number of methoxy groups -OCH3 is 1. The van der Waals surface area contributed by atoms with Crippen LogP contribution in [0.3, 0.4) is 0 Å². The fraction of sp³-hybridized carbons (Fsp3) is 0.222. The number of pyridine rings is 1. The number of terminal acetylenes is 1. The van der Waals surface area contributed by atoms with Gasteiger partial charge in [-0.1, -0.05) is 5.92 Å². The van der Waals surface area contributed by atoms with Crippen molar-refractivity contribution >= 4 is 0 Å². The van der Waals surface area contributed by atoms with Gasteiger partial charge in [0.05, 0.1) is 7.11 Å². The van der Waals surface area contributed by atoms with Crippen molar-refractivity contribution in [1.29, 1.82) is 0 Å². The van der Waals surface area contributed by atoms with Crippen molar-refractivity contribution in [2.45, 2.75) is 6.92 Å². The minimum atomic E-state index is 0.568. The van der Waals surface area contributed by atoms with Crippen molar-refractivity contribution in [3.05, 3.63) is 23.4 Å². The fourth-order valence-corrected chi connectivity index (χ4v) is 0.826. The van der Waals surface area contributed by atoms with E-state index >= 15 is 0 Å². The van der Waals surface area contributed by atoms with Crippen LogP contribution in [-0.4, -0.2) is 12.1 Å². The molecule has 0 amide bonds. The molecular weight excluding hydrogens is 138 g/mol. The molecule has 0 saturated carbocycles. The summed E-state index contributed by atoms with van der Waals surface area (Å²) in [6, 6.07) is 3.56. The highest BCUT2D eigenvalue weighted by Crippen LogP contribution is 2.10. The molecule has 1 rings (SSSR count). The molecule has 0 spiro atoms. The summed E-state index contributed by atoms with van der Waals surface area (Å²) in [6.07, 6.45) is 5.21. The van der Waals surface area contributed by atoms with E-state index in [1.807, 2.05) is 13.0 Å². The molecule has 11 heavy (non-hydrogen) atoms. The van der Waals surface area contributed by atoms with Crippen LogP contribution in [-0.2, 0) is 0 Å². The first-order valence-corrected chi connectivity index (χ1v) is 3.25. The second-order valence-corrected chi connectivity index (χ2v) is 2.18. The summed E-state index contributed by atoms with van der Waals surface area (Å²) in [5, 5.41) is 0. The molecule has 0 radical (unpaired) electrons. The summed E-state index contributed by atoms with van der Waals surface area (Å²) in [6.45, 7) is 1.88. The molecule has 0 aliphatic rings. The molecule has 0 aliphatic carbocycles. The number of aromatic nitrogens is 1. The van der Waals surface area contributed by atoms with Crippen molar-refractivity contribution in [2.75, 3.05) is 7.11 Å². The minimum absolute atomic E-state index is 0.568. The molecule has 0 aliphatic heterocycles. The van der Waals surface area contributed by atoms with Crippen LogP contribution in [0.25, 0.3) is 0 Å². The molecule has 0 saturated heterocycles. The Kier molecular flexibility index (Phi) is 2.12. The molecule has 1 aromatic heterocycles. The fourth-order valence-electron chi connectivity index (χ4n) is 0.826. The van der Waals surface area contributed by atoms with Crippen LogP contribution in [0.5, 0.6) is 5.88 Å². The quantitative estimate of drug-likeness (QED) is 0.560. The van der Waals surface area contributed by atoms with E-state index < -0.39 is 0 Å². The molecule has 0 fully saturated rings. The van der Waals surface area contributed by atoms with Crippen molar-refractivity contribution in [1.82, 2.24) is 4.98 Å². The van der Waals surface area contributed by atoms with Gasteiger partial charge in [0, 0.05) is 17.3 Å². The summed E-state index contributed by atoms with van der Waals surface area (Å²) in [7, 11) is 1.57. The lowest BCUT2D eigenvalue weighted by Gasteiger charge is -2.00. The summed E-state index contributed by atoms with van der Waals surface area (Å²) in [5.74, 6) is 3.09. The standard InChI is InChI=1S/C9H9NO/c1-4-8-5-7(2)10-9(6-8)11-3/h1,5-6H,2-3H3. The Bertz CT molecular complexity index is 299. The number of rotatable bonds is 1. The highest BCUT2D eigenvalue weighted by atomic mass is 16.5. The molecule has 0 N–H and O–H groups in total. The number of hydrogen-bond donors (Lipinski definition) is 0. The third-order valence-electron chi connectivity index (χ3n) is 1.31. The van der Waals surface area contributed by atoms with E-state index in [2.05, 4.69) is 10.9 Å². The van der Waals surface area contributed by atoms with Gasteiger partial charge in [0.15, 0.2) is 0 Å². The van der Waals surface area contributed by atoms with Crippen LogP contribution >= 0.6 is 0 Å². The molecule has 0 unspecified atom stereocenters.